The third-order valence-corrected chi connectivity index (χ3v) is 3.27. The van der Waals surface area contributed by atoms with Crippen LogP contribution in [0.4, 0.5) is 0 Å². The first-order valence-corrected chi connectivity index (χ1v) is 7.48. The van der Waals surface area contributed by atoms with Crippen molar-refractivity contribution in [2.45, 2.75) is 24.5 Å². The number of rotatable bonds is 5. The fourth-order valence-electron chi connectivity index (χ4n) is 1.73. The molecule has 2 heterocycles. The van der Waals surface area contributed by atoms with E-state index < -0.39 is 0 Å². The minimum Gasteiger partial charge on any atom is -0.349 e. The van der Waals surface area contributed by atoms with Crippen LogP contribution in [0.5, 0.6) is 0 Å². The Morgan fingerprint density at radius 2 is 2.05 bits per heavy atom. The zero-order valence-corrected chi connectivity index (χ0v) is 12.2. The van der Waals surface area contributed by atoms with Crippen molar-refractivity contribution in [1.82, 2.24) is 20.3 Å². The van der Waals surface area contributed by atoms with Crippen molar-refractivity contribution in [3.63, 3.8) is 0 Å². The average Bonchev–Trinajstić information content (AvgIpc) is 2.48. The summed E-state index contributed by atoms with van der Waals surface area (Å²) in [4.78, 5) is 24.4. The number of carbonyl (C=O) groups excluding carboxylic acids is 1. The molecule has 2 aromatic rings. The van der Waals surface area contributed by atoms with Gasteiger partial charge in [-0.2, -0.15) is 0 Å². The summed E-state index contributed by atoms with van der Waals surface area (Å²) >= 11 is 1.44. The van der Waals surface area contributed by atoms with Crippen LogP contribution in [0.1, 0.15) is 23.0 Å². The standard InChI is InChI=1S/C14H16N4OS/c1-10(7-12-5-3-4-6-15-12)18-13(19)11-8-16-14(20-2)17-9-11/h3-6,8-10H,7H2,1-2H3,(H,18,19). The monoisotopic (exact) mass is 288 g/mol. The van der Waals surface area contributed by atoms with E-state index in [2.05, 4.69) is 20.3 Å². The molecule has 2 aromatic heterocycles. The van der Waals surface area contributed by atoms with E-state index in [9.17, 15) is 4.79 Å². The van der Waals surface area contributed by atoms with Gasteiger partial charge in [0.15, 0.2) is 5.16 Å². The van der Waals surface area contributed by atoms with Crippen molar-refractivity contribution >= 4 is 17.7 Å². The van der Waals surface area contributed by atoms with Crippen LogP contribution in [-0.2, 0) is 6.42 Å². The number of hydrogen-bond acceptors (Lipinski definition) is 5. The van der Waals surface area contributed by atoms with Crippen molar-refractivity contribution < 1.29 is 4.79 Å². The van der Waals surface area contributed by atoms with Gasteiger partial charge in [-0.3, -0.25) is 9.78 Å². The van der Waals surface area contributed by atoms with Crippen molar-refractivity contribution in [3.05, 3.63) is 48.0 Å². The Morgan fingerprint density at radius 1 is 1.30 bits per heavy atom. The molecule has 2 rings (SSSR count). The average molecular weight is 288 g/mol. The first-order valence-electron chi connectivity index (χ1n) is 6.26. The van der Waals surface area contributed by atoms with E-state index in [0.29, 0.717) is 17.1 Å². The molecule has 0 saturated heterocycles. The van der Waals surface area contributed by atoms with Crippen molar-refractivity contribution in [1.29, 1.82) is 0 Å². The van der Waals surface area contributed by atoms with Gasteiger partial charge in [-0.05, 0) is 25.3 Å². The van der Waals surface area contributed by atoms with E-state index in [-0.39, 0.29) is 11.9 Å². The topological polar surface area (TPSA) is 67.8 Å². The maximum absolute atomic E-state index is 12.0. The molecule has 5 nitrogen and oxygen atoms in total. The molecule has 1 unspecified atom stereocenters. The predicted octanol–water partition coefficient (Wildman–Crippen LogP) is 1.95. The summed E-state index contributed by atoms with van der Waals surface area (Å²) in [7, 11) is 0. The number of carbonyl (C=O) groups is 1. The molecule has 104 valence electrons. The van der Waals surface area contributed by atoms with Gasteiger partial charge in [0.05, 0.1) is 5.56 Å². The van der Waals surface area contributed by atoms with E-state index in [4.69, 9.17) is 0 Å². The lowest BCUT2D eigenvalue weighted by molar-refractivity contribution is 0.0939. The first kappa shape index (κ1) is 14.5. The second-order valence-corrected chi connectivity index (χ2v) is 5.13. The number of nitrogens with zero attached hydrogens (tertiary/aromatic N) is 3. The highest BCUT2D eigenvalue weighted by molar-refractivity contribution is 7.98. The Balaban J connectivity index is 1.93. The summed E-state index contributed by atoms with van der Waals surface area (Å²) in [5, 5.41) is 3.57. The van der Waals surface area contributed by atoms with E-state index in [0.717, 1.165) is 5.69 Å². The zero-order chi connectivity index (χ0) is 14.4. The smallest absolute Gasteiger partial charge is 0.254 e. The Bertz CT molecular complexity index is 559. The molecule has 0 bridgehead atoms. The number of hydrogen-bond donors (Lipinski definition) is 1. The molecule has 0 radical (unpaired) electrons. The number of thioether (sulfide) groups is 1. The minimum absolute atomic E-state index is 0.00220. The molecule has 0 aliphatic rings. The summed E-state index contributed by atoms with van der Waals surface area (Å²) in [5.41, 5.74) is 1.42. The molecule has 0 aromatic carbocycles. The van der Waals surface area contributed by atoms with Gasteiger partial charge >= 0.3 is 0 Å². The van der Waals surface area contributed by atoms with E-state index in [1.807, 2.05) is 31.4 Å². The molecular formula is C14H16N4OS. The van der Waals surface area contributed by atoms with Gasteiger partial charge in [-0.15, -0.1) is 0 Å². The largest absolute Gasteiger partial charge is 0.349 e. The van der Waals surface area contributed by atoms with Crippen LogP contribution in [0.15, 0.2) is 41.9 Å². The van der Waals surface area contributed by atoms with Crippen LogP contribution in [0.3, 0.4) is 0 Å². The lowest BCUT2D eigenvalue weighted by Gasteiger charge is -2.13. The second kappa shape index (κ2) is 7.00. The summed E-state index contributed by atoms with van der Waals surface area (Å²) < 4.78 is 0. The molecule has 1 atom stereocenters. The lowest BCUT2D eigenvalue weighted by Crippen LogP contribution is -2.34. The van der Waals surface area contributed by atoms with Crippen LogP contribution in [0.2, 0.25) is 0 Å². The maximum Gasteiger partial charge on any atom is 0.254 e. The highest BCUT2D eigenvalue weighted by atomic mass is 32.2. The lowest BCUT2D eigenvalue weighted by atomic mass is 10.1. The van der Waals surface area contributed by atoms with Crippen LogP contribution >= 0.6 is 11.8 Å². The van der Waals surface area contributed by atoms with Gasteiger partial charge in [0.1, 0.15) is 0 Å². The van der Waals surface area contributed by atoms with Gasteiger partial charge < -0.3 is 5.32 Å². The second-order valence-electron chi connectivity index (χ2n) is 4.36. The van der Waals surface area contributed by atoms with Crippen molar-refractivity contribution in [3.8, 4) is 0 Å². The molecule has 20 heavy (non-hydrogen) atoms. The Morgan fingerprint density at radius 3 is 2.65 bits per heavy atom. The number of pyridine rings is 1. The van der Waals surface area contributed by atoms with E-state index in [1.54, 1.807) is 18.6 Å². The third-order valence-electron chi connectivity index (χ3n) is 2.69. The normalized spacial score (nSPS) is 11.9. The summed E-state index contributed by atoms with van der Waals surface area (Å²) in [6.07, 6.45) is 7.42. The van der Waals surface area contributed by atoms with Gasteiger partial charge in [-0.25, -0.2) is 9.97 Å². The van der Waals surface area contributed by atoms with Crippen molar-refractivity contribution in [2.24, 2.45) is 0 Å². The minimum atomic E-state index is -0.166. The zero-order valence-electron chi connectivity index (χ0n) is 11.4. The molecule has 0 fully saturated rings. The molecule has 1 N–H and O–H groups in total. The molecule has 0 aliphatic carbocycles. The Hall–Kier alpha value is -1.95. The maximum atomic E-state index is 12.0. The molecule has 0 aliphatic heterocycles. The number of nitrogens with one attached hydrogen (secondary N) is 1. The fraction of sp³-hybridized carbons (Fsp3) is 0.286. The van der Waals surface area contributed by atoms with Crippen molar-refractivity contribution in [2.75, 3.05) is 6.26 Å². The molecule has 1 amide bonds. The quantitative estimate of drug-likeness (QED) is 0.673. The van der Waals surface area contributed by atoms with Gasteiger partial charge in [0.25, 0.3) is 5.91 Å². The van der Waals surface area contributed by atoms with E-state index in [1.165, 1.54) is 11.8 Å². The molecule has 0 spiro atoms. The van der Waals surface area contributed by atoms with Gasteiger partial charge in [0, 0.05) is 36.7 Å². The molecular weight excluding hydrogens is 272 g/mol. The first-order chi connectivity index (χ1) is 9.69. The number of aromatic nitrogens is 3. The van der Waals surface area contributed by atoms with Gasteiger partial charge in [-0.1, -0.05) is 17.8 Å². The number of amides is 1. The van der Waals surface area contributed by atoms with Gasteiger partial charge in [0.2, 0.25) is 0 Å². The summed E-state index contributed by atoms with van der Waals surface area (Å²) in [6, 6.07) is 5.75. The third kappa shape index (κ3) is 4.03. The van der Waals surface area contributed by atoms with Crippen LogP contribution in [0, 0.1) is 0 Å². The predicted molar refractivity (Wildman–Crippen MR) is 78.7 cm³/mol. The SMILES string of the molecule is CSc1ncc(C(=O)NC(C)Cc2ccccn2)cn1. The summed E-state index contributed by atoms with van der Waals surface area (Å²) in [6.45, 7) is 1.95. The van der Waals surface area contributed by atoms with Crippen LogP contribution in [-0.4, -0.2) is 33.2 Å². The Kier molecular flexibility index (Phi) is 5.06. The highest BCUT2D eigenvalue weighted by Crippen LogP contribution is 2.07. The van der Waals surface area contributed by atoms with Crippen LogP contribution in [0.25, 0.3) is 0 Å². The molecule has 6 heteroatoms. The molecule has 0 saturated carbocycles. The highest BCUT2D eigenvalue weighted by Gasteiger charge is 2.11. The van der Waals surface area contributed by atoms with E-state index >= 15 is 0 Å². The van der Waals surface area contributed by atoms with Crippen LogP contribution < -0.4 is 5.32 Å². The fourth-order valence-corrected chi connectivity index (χ4v) is 2.05. The summed E-state index contributed by atoms with van der Waals surface area (Å²) in [5.74, 6) is -0.166. The Labute approximate surface area is 122 Å².